The highest BCUT2D eigenvalue weighted by molar-refractivity contribution is 5.91. The molecule has 1 aromatic heterocycles. The van der Waals surface area contributed by atoms with Crippen molar-refractivity contribution in [3.05, 3.63) is 66.4 Å². The topological polar surface area (TPSA) is 106 Å². The first-order chi connectivity index (χ1) is 18.6. The summed E-state index contributed by atoms with van der Waals surface area (Å²) in [5, 5.41) is 10.3. The van der Waals surface area contributed by atoms with E-state index in [4.69, 9.17) is 0 Å². The van der Waals surface area contributed by atoms with E-state index in [1.807, 2.05) is 59.6 Å². The molecule has 0 radical (unpaired) electrons. The number of anilines is 1. The van der Waals surface area contributed by atoms with Crippen LogP contribution in [0, 0.1) is 11.8 Å². The highest BCUT2D eigenvalue weighted by Gasteiger charge is 2.45. The number of nitrogens with zero attached hydrogens (tertiary/aromatic N) is 1. The molecule has 0 spiro atoms. The van der Waals surface area contributed by atoms with Gasteiger partial charge in [0.05, 0.1) is 5.92 Å². The zero-order chi connectivity index (χ0) is 26.3. The van der Waals surface area contributed by atoms with Crippen LogP contribution < -0.4 is 16.0 Å². The van der Waals surface area contributed by atoms with Crippen molar-refractivity contribution in [1.82, 2.24) is 20.5 Å². The van der Waals surface area contributed by atoms with Crippen molar-refractivity contribution < 1.29 is 14.4 Å². The normalized spacial score (nSPS) is 22.3. The Morgan fingerprint density at radius 2 is 1.74 bits per heavy atom. The molecule has 5 rings (SSSR count). The second-order valence-electron chi connectivity index (χ2n) is 10.4. The Bertz CT molecular complexity index is 1260. The van der Waals surface area contributed by atoms with E-state index in [1.54, 1.807) is 0 Å². The van der Waals surface area contributed by atoms with Crippen LogP contribution in [0.2, 0.25) is 0 Å². The minimum atomic E-state index is -0.404. The second-order valence-corrected chi connectivity index (χ2v) is 10.4. The summed E-state index contributed by atoms with van der Waals surface area (Å²) in [6.45, 7) is 1.73. The Kier molecular flexibility index (Phi) is 8.26. The SMILES string of the molecule is O=C(NCCc1c[nH]c2ccccc12)[C@@H]1C[C@H]2C(=O)NCCCCCCN(C(=O)Nc3ccccc3)[C@H]2C1. The fourth-order valence-electron chi connectivity index (χ4n) is 5.90. The number of aromatic nitrogens is 1. The summed E-state index contributed by atoms with van der Waals surface area (Å²) in [5.74, 6) is -0.808. The van der Waals surface area contributed by atoms with Gasteiger partial charge in [-0.2, -0.15) is 0 Å². The molecule has 3 atom stereocenters. The lowest BCUT2D eigenvalue weighted by molar-refractivity contribution is -0.126. The van der Waals surface area contributed by atoms with Crippen molar-refractivity contribution in [3.8, 4) is 0 Å². The molecule has 1 aliphatic carbocycles. The van der Waals surface area contributed by atoms with Gasteiger partial charge in [-0.05, 0) is 55.9 Å². The number of rotatable bonds is 5. The third-order valence-electron chi connectivity index (χ3n) is 7.92. The number of hydrogen-bond acceptors (Lipinski definition) is 3. The fraction of sp³-hybridized carbons (Fsp3) is 0.433. The maximum atomic E-state index is 13.4. The smallest absolute Gasteiger partial charge is 0.322 e. The predicted octanol–water partition coefficient (Wildman–Crippen LogP) is 4.45. The highest BCUT2D eigenvalue weighted by Crippen LogP contribution is 2.36. The zero-order valence-corrected chi connectivity index (χ0v) is 21.7. The van der Waals surface area contributed by atoms with Gasteiger partial charge in [-0.1, -0.05) is 49.2 Å². The van der Waals surface area contributed by atoms with Gasteiger partial charge in [0.1, 0.15) is 0 Å². The van der Waals surface area contributed by atoms with Crippen LogP contribution in [0.25, 0.3) is 10.9 Å². The number of carbonyl (C=O) groups excluding carboxylic acids is 3. The van der Waals surface area contributed by atoms with E-state index < -0.39 is 5.92 Å². The summed E-state index contributed by atoms with van der Waals surface area (Å²) in [6.07, 6.45) is 7.48. The number of fused-ring (bicyclic) bond motifs is 2. The quantitative estimate of drug-likeness (QED) is 0.403. The number of nitrogens with one attached hydrogen (secondary N) is 4. The van der Waals surface area contributed by atoms with E-state index >= 15 is 0 Å². The first-order valence-corrected chi connectivity index (χ1v) is 13.8. The molecular weight excluding hydrogens is 478 g/mol. The van der Waals surface area contributed by atoms with Crippen LogP contribution in [0.15, 0.2) is 60.8 Å². The minimum Gasteiger partial charge on any atom is -0.361 e. The maximum Gasteiger partial charge on any atom is 0.322 e. The van der Waals surface area contributed by atoms with Gasteiger partial charge < -0.3 is 25.8 Å². The van der Waals surface area contributed by atoms with Gasteiger partial charge in [0.15, 0.2) is 0 Å². The zero-order valence-electron chi connectivity index (χ0n) is 21.7. The van der Waals surface area contributed by atoms with Gasteiger partial charge in [-0.3, -0.25) is 9.59 Å². The Labute approximate surface area is 223 Å². The Morgan fingerprint density at radius 3 is 2.61 bits per heavy atom. The number of carbonyl (C=O) groups is 3. The highest BCUT2D eigenvalue weighted by atomic mass is 16.2. The maximum absolute atomic E-state index is 13.4. The molecule has 1 saturated heterocycles. The average molecular weight is 516 g/mol. The fourth-order valence-corrected chi connectivity index (χ4v) is 5.90. The molecule has 1 aliphatic heterocycles. The predicted molar refractivity (Wildman–Crippen MR) is 149 cm³/mol. The van der Waals surface area contributed by atoms with E-state index in [-0.39, 0.29) is 29.8 Å². The van der Waals surface area contributed by atoms with Gasteiger partial charge in [0, 0.05) is 54.4 Å². The average Bonchev–Trinajstić information content (AvgIpc) is 3.55. The molecule has 2 heterocycles. The molecule has 38 heavy (non-hydrogen) atoms. The molecule has 4 amide bonds. The largest absolute Gasteiger partial charge is 0.361 e. The number of amides is 4. The monoisotopic (exact) mass is 515 g/mol. The lowest BCUT2D eigenvalue weighted by Crippen LogP contribution is -2.48. The van der Waals surface area contributed by atoms with Crippen LogP contribution in [-0.2, 0) is 16.0 Å². The summed E-state index contributed by atoms with van der Waals surface area (Å²) in [4.78, 5) is 45.0. The van der Waals surface area contributed by atoms with Gasteiger partial charge in [-0.15, -0.1) is 0 Å². The number of H-pyrrole nitrogens is 1. The molecule has 200 valence electrons. The molecule has 0 unspecified atom stereocenters. The van der Waals surface area contributed by atoms with Gasteiger partial charge in [0.25, 0.3) is 0 Å². The van der Waals surface area contributed by atoms with Gasteiger partial charge >= 0.3 is 6.03 Å². The number of para-hydroxylation sites is 2. The first kappa shape index (κ1) is 25.8. The van der Waals surface area contributed by atoms with Crippen LogP contribution in [-0.4, -0.2) is 53.4 Å². The van der Waals surface area contributed by atoms with E-state index in [2.05, 4.69) is 27.0 Å². The van der Waals surface area contributed by atoms with Crippen LogP contribution >= 0.6 is 0 Å². The molecule has 4 N–H and O–H groups in total. The number of benzene rings is 2. The van der Waals surface area contributed by atoms with Gasteiger partial charge in [-0.25, -0.2) is 4.79 Å². The number of urea groups is 1. The summed E-state index contributed by atoms with van der Waals surface area (Å²) in [5.41, 5.74) is 2.97. The van der Waals surface area contributed by atoms with E-state index in [9.17, 15) is 14.4 Å². The molecule has 2 aromatic carbocycles. The Morgan fingerprint density at radius 1 is 0.947 bits per heavy atom. The molecule has 2 aliphatic rings. The third-order valence-corrected chi connectivity index (χ3v) is 7.92. The van der Waals surface area contributed by atoms with Crippen LogP contribution in [0.5, 0.6) is 0 Å². The Balaban J connectivity index is 1.27. The van der Waals surface area contributed by atoms with Crippen LogP contribution in [0.3, 0.4) is 0 Å². The first-order valence-electron chi connectivity index (χ1n) is 13.8. The van der Waals surface area contributed by atoms with E-state index in [0.29, 0.717) is 32.5 Å². The minimum absolute atomic E-state index is 0.0411. The van der Waals surface area contributed by atoms with Crippen LogP contribution in [0.4, 0.5) is 10.5 Å². The van der Waals surface area contributed by atoms with Gasteiger partial charge in [0.2, 0.25) is 11.8 Å². The standard InChI is InChI=1S/C30H37N5O3/c36-28(32-16-14-21-20-33-26-13-7-6-12-24(21)26)22-18-25-27(19-22)35(17-9-2-1-8-15-31-29(25)37)30(38)34-23-10-4-3-5-11-23/h3-7,10-13,20,22,25,27,33H,1-2,8-9,14-19H2,(H,31,37)(H,32,36)(H,34,38)/t22-,25-,27+/m1/s1. The van der Waals surface area contributed by atoms with E-state index in [0.717, 1.165) is 43.3 Å². The third kappa shape index (κ3) is 6.01. The second kappa shape index (κ2) is 12.2. The number of aromatic amines is 1. The van der Waals surface area contributed by atoms with E-state index in [1.165, 1.54) is 10.9 Å². The summed E-state index contributed by atoms with van der Waals surface area (Å²) in [7, 11) is 0. The van der Waals surface area contributed by atoms with Crippen molar-refractivity contribution in [1.29, 1.82) is 0 Å². The van der Waals surface area contributed by atoms with Crippen molar-refractivity contribution >= 4 is 34.4 Å². The summed E-state index contributed by atoms with van der Waals surface area (Å²) in [6, 6.07) is 17.0. The molecule has 0 bridgehead atoms. The van der Waals surface area contributed by atoms with Crippen molar-refractivity contribution in [2.75, 3.05) is 25.0 Å². The van der Waals surface area contributed by atoms with Crippen molar-refractivity contribution in [3.63, 3.8) is 0 Å². The van der Waals surface area contributed by atoms with Crippen LogP contribution in [0.1, 0.15) is 44.1 Å². The van der Waals surface area contributed by atoms with Crippen molar-refractivity contribution in [2.24, 2.45) is 11.8 Å². The molecule has 1 saturated carbocycles. The Hall–Kier alpha value is -3.81. The molecular formula is C30H37N5O3. The van der Waals surface area contributed by atoms with Crippen molar-refractivity contribution in [2.45, 2.75) is 51.0 Å². The lowest BCUT2D eigenvalue weighted by atomic mass is 10.0. The molecule has 3 aromatic rings. The molecule has 2 fully saturated rings. The molecule has 8 nitrogen and oxygen atoms in total. The summed E-state index contributed by atoms with van der Waals surface area (Å²) >= 11 is 0. The lowest BCUT2D eigenvalue weighted by Gasteiger charge is -2.32. The number of hydrogen-bond donors (Lipinski definition) is 4. The summed E-state index contributed by atoms with van der Waals surface area (Å²) < 4.78 is 0. The molecule has 8 heteroatoms.